The number of Topliss-reactive ketones (excluding diaryl/α,β-unsaturated/α-hetero) is 1. The van der Waals surface area contributed by atoms with E-state index in [1.165, 1.54) is 0 Å². The van der Waals surface area contributed by atoms with Crippen LogP contribution in [-0.4, -0.2) is 16.2 Å². The summed E-state index contributed by atoms with van der Waals surface area (Å²) in [6.45, 7) is 0. The molecule has 2 aliphatic rings. The van der Waals surface area contributed by atoms with Crippen LogP contribution in [0.25, 0.3) is 6.08 Å². The Morgan fingerprint density at radius 3 is 2.38 bits per heavy atom. The molecule has 0 spiro atoms. The van der Waals surface area contributed by atoms with Crippen LogP contribution < -0.4 is 0 Å². The summed E-state index contributed by atoms with van der Waals surface area (Å²) in [6.07, 6.45) is 3.75. The predicted octanol–water partition coefficient (Wildman–Crippen LogP) is 5.70. The van der Waals surface area contributed by atoms with Gasteiger partial charge in [0.2, 0.25) is 5.54 Å². The molecule has 1 saturated heterocycles. The number of halogens is 1. The second-order valence-corrected chi connectivity index (χ2v) is 9.32. The Morgan fingerprint density at radius 1 is 0.938 bits per heavy atom. The molecule has 0 N–H and O–H groups in total. The van der Waals surface area contributed by atoms with E-state index in [2.05, 4.69) is 34.7 Å². The molecule has 0 aromatic heterocycles. The van der Waals surface area contributed by atoms with Crippen molar-refractivity contribution in [2.45, 2.75) is 17.5 Å². The van der Waals surface area contributed by atoms with Crippen molar-refractivity contribution < 1.29 is 4.79 Å². The van der Waals surface area contributed by atoms with Crippen LogP contribution in [0.3, 0.4) is 0 Å². The van der Waals surface area contributed by atoms with E-state index in [9.17, 15) is 15.3 Å². The topological polar surface area (TPSA) is 67.9 Å². The van der Waals surface area contributed by atoms with E-state index in [4.69, 9.17) is 0 Å². The lowest BCUT2D eigenvalue weighted by molar-refractivity contribution is 0.0884. The molecule has 154 valence electrons. The maximum atomic E-state index is 14.0. The molecule has 1 fully saturated rings. The Labute approximate surface area is 200 Å². The lowest BCUT2D eigenvalue weighted by atomic mass is 9.72. The minimum absolute atomic E-state index is 0.0538. The van der Waals surface area contributed by atoms with Crippen molar-refractivity contribution in [2.24, 2.45) is 5.92 Å². The van der Waals surface area contributed by atoms with E-state index in [1.54, 1.807) is 0 Å². The third kappa shape index (κ3) is 2.97. The van der Waals surface area contributed by atoms with Gasteiger partial charge in [-0.05, 0) is 57.5 Å². The van der Waals surface area contributed by atoms with Gasteiger partial charge in [-0.2, -0.15) is 10.5 Å². The van der Waals surface area contributed by atoms with Gasteiger partial charge in [-0.15, -0.1) is 0 Å². The maximum absolute atomic E-state index is 14.0. The predicted molar refractivity (Wildman–Crippen MR) is 130 cm³/mol. The lowest BCUT2D eigenvalue weighted by Gasteiger charge is -2.35. The van der Waals surface area contributed by atoms with E-state index >= 15 is 0 Å². The first kappa shape index (κ1) is 20.5. The van der Waals surface area contributed by atoms with E-state index in [0.29, 0.717) is 5.56 Å². The third-order valence-electron chi connectivity index (χ3n) is 6.50. The molecule has 5 heteroatoms. The van der Waals surface area contributed by atoms with E-state index in [1.807, 2.05) is 96.0 Å². The minimum atomic E-state index is -1.51. The number of fused-ring (bicyclic) bond motifs is 3. The van der Waals surface area contributed by atoms with Crippen LogP contribution in [-0.2, 0) is 0 Å². The molecular weight excluding hydrogens is 509 g/mol. The smallest absolute Gasteiger partial charge is 0.222 e. The Morgan fingerprint density at radius 2 is 1.66 bits per heavy atom. The lowest BCUT2D eigenvalue weighted by Crippen LogP contribution is -2.43. The molecule has 5 rings (SSSR count). The molecule has 3 aromatic carbocycles. The molecule has 0 bridgehead atoms. The molecule has 3 atom stereocenters. The van der Waals surface area contributed by atoms with Gasteiger partial charge in [0, 0.05) is 21.3 Å². The molecule has 0 amide bonds. The highest BCUT2D eigenvalue weighted by atomic mass is 127. The molecule has 2 aliphatic heterocycles. The first-order chi connectivity index (χ1) is 15.6. The van der Waals surface area contributed by atoms with Crippen molar-refractivity contribution in [2.75, 3.05) is 0 Å². The first-order valence-corrected chi connectivity index (χ1v) is 11.4. The van der Waals surface area contributed by atoms with Crippen molar-refractivity contribution >= 4 is 34.5 Å². The van der Waals surface area contributed by atoms with Gasteiger partial charge in [0.25, 0.3) is 0 Å². The number of carbonyl (C=O) groups excluding carboxylic acids is 1. The fourth-order valence-electron chi connectivity index (χ4n) is 5.16. The Hall–Kier alpha value is -3.42. The molecular formula is C27H18IN3O. The summed E-state index contributed by atoms with van der Waals surface area (Å²) in [4.78, 5) is 15.8. The van der Waals surface area contributed by atoms with Crippen LogP contribution in [0.2, 0.25) is 0 Å². The molecule has 3 unspecified atom stereocenters. The van der Waals surface area contributed by atoms with Gasteiger partial charge in [0.1, 0.15) is 12.1 Å². The van der Waals surface area contributed by atoms with Gasteiger partial charge in [-0.1, -0.05) is 66.7 Å². The number of carbonyl (C=O) groups is 1. The summed E-state index contributed by atoms with van der Waals surface area (Å²) < 4.78 is 0.997. The van der Waals surface area contributed by atoms with Gasteiger partial charge in [0.15, 0.2) is 5.78 Å². The zero-order valence-electron chi connectivity index (χ0n) is 17.0. The van der Waals surface area contributed by atoms with Gasteiger partial charge >= 0.3 is 0 Å². The van der Waals surface area contributed by atoms with Gasteiger partial charge in [-0.25, -0.2) is 0 Å². The molecule has 0 radical (unpaired) electrons. The first-order valence-electron chi connectivity index (χ1n) is 10.3. The highest BCUT2D eigenvalue weighted by Gasteiger charge is 2.63. The number of rotatable bonds is 3. The summed E-state index contributed by atoms with van der Waals surface area (Å²) in [5.41, 5.74) is 1.88. The third-order valence-corrected chi connectivity index (χ3v) is 7.17. The average molecular weight is 527 g/mol. The van der Waals surface area contributed by atoms with Crippen LogP contribution in [0.15, 0.2) is 85.1 Å². The molecule has 32 heavy (non-hydrogen) atoms. The monoisotopic (exact) mass is 527 g/mol. The van der Waals surface area contributed by atoms with Gasteiger partial charge in [-0.3, -0.25) is 4.79 Å². The Bertz CT molecular complexity index is 1300. The van der Waals surface area contributed by atoms with Gasteiger partial charge < -0.3 is 4.90 Å². The van der Waals surface area contributed by atoms with Crippen LogP contribution >= 0.6 is 22.6 Å². The summed E-state index contributed by atoms with van der Waals surface area (Å²) in [5, 5.41) is 20.8. The highest BCUT2D eigenvalue weighted by molar-refractivity contribution is 14.1. The van der Waals surface area contributed by atoms with Crippen molar-refractivity contribution in [3.05, 3.63) is 111 Å². The Balaban J connectivity index is 1.80. The van der Waals surface area contributed by atoms with Crippen LogP contribution in [0.1, 0.15) is 39.0 Å². The second-order valence-electron chi connectivity index (χ2n) is 8.08. The molecule has 0 aliphatic carbocycles. The number of nitrogens with zero attached hydrogens (tertiary/aromatic N) is 3. The molecule has 0 saturated carbocycles. The molecule has 3 aromatic rings. The summed E-state index contributed by atoms with van der Waals surface area (Å²) in [6, 6.07) is 29.1. The normalized spacial score (nSPS) is 22.3. The maximum Gasteiger partial charge on any atom is 0.222 e. The van der Waals surface area contributed by atoms with E-state index in [0.717, 1.165) is 20.3 Å². The van der Waals surface area contributed by atoms with E-state index < -0.39 is 23.4 Å². The number of benzene rings is 3. The zero-order chi connectivity index (χ0) is 22.3. The van der Waals surface area contributed by atoms with Gasteiger partial charge in [0.05, 0.1) is 12.0 Å². The number of nitriles is 2. The van der Waals surface area contributed by atoms with Crippen molar-refractivity contribution in [1.82, 2.24) is 4.90 Å². The Kier molecular flexibility index (Phi) is 5.07. The fourth-order valence-corrected chi connectivity index (χ4v) is 5.73. The molecule has 4 nitrogen and oxygen atoms in total. The molecule has 2 heterocycles. The number of hydrogen-bond donors (Lipinski definition) is 0. The zero-order valence-corrected chi connectivity index (χ0v) is 19.2. The largest absolute Gasteiger partial charge is 0.340 e. The van der Waals surface area contributed by atoms with E-state index in [-0.39, 0.29) is 5.78 Å². The summed E-state index contributed by atoms with van der Waals surface area (Å²) in [5.74, 6) is -1.26. The standard InChI is InChI=1S/C27H18IN3O/c28-21-11-6-10-20(15-21)24-23(26(32)19-8-2-1-3-9-19)25-22-12-5-4-7-18(22)13-14-31(25)27(24,16-29)17-30/h1-15,23-25H. The fraction of sp³-hybridized carbons (Fsp3) is 0.148. The van der Waals surface area contributed by atoms with Crippen LogP contribution in [0, 0.1) is 32.2 Å². The second kappa shape index (κ2) is 7.93. The van der Waals surface area contributed by atoms with Crippen molar-refractivity contribution in [3.63, 3.8) is 0 Å². The van der Waals surface area contributed by atoms with Crippen LogP contribution in [0.5, 0.6) is 0 Å². The highest BCUT2D eigenvalue weighted by Crippen LogP contribution is 2.58. The van der Waals surface area contributed by atoms with Crippen molar-refractivity contribution in [1.29, 1.82) is 10.5 Å². The quantitative estimate of drug-likeness (QED) is 0.324. The summed E-state index contributed by atoms with van der Waals surface area (Å²) >= 11 is 2.23. The summed E-state index contributed by atoms with van der Waals surface area (Å²) in [7, 11) is 0. The number of ketones is 1. The average Bonchev–Trinajstić information content (AvgIpc) is 3.15. The SMILES string of the molecule is N#CC1(C#N)C(c2cccc(I)c2)C(C(=O)c2ccccc2)C2c3ccccc3C=CN21. The number of hydrogen-bond acceptors (Lipinski definition) is 4. The van der Waals surface area contributed by atoms with Crippen molar-refractivity contribution in [3.8, 4) is 12.1 Å². The minimum Gasteiger partial charge on any atom is -0.340 e. The van der Waals surface area contributed by atoms with Crippen LogP contribution in [0.4, 0.5) is 0 Å².